The summed E-state index contributed by atoms with van der Waals surface area (Å²) in [5, 5.41) is 2.81. The maximum absolute atomic E-state index is 13.2. The Bertz CT molecular complexity index is 1180. The van der Waals surface area contributed by atoms with Gasteiger partial charge in [-0.3, -0.25) is 14.4 Å². The van der Waals surface area contributed by atoms with E-state index in [4.69, 9.17) is 0 Å². The first-order valence-corrected chi connectivity index (χ1v) is 12.3. The summed E-state index contributed by atoms with van der Waals surface area (Å²) in [5.74, 6) is -1.36. The second-order valence-electron chi connectivity index (χ2n) is 8.48. The van der Waals surface area contributed by atoms with Gasteiger partial charge in [0.25, 0.3) is 15.9 Å². The fourth-order valence-corrected chi connectivity index (χ4v) is 5.36. The molecule has 0 unspecified atom stereocenters. The summed E-state index contributed by atoms with van der Waals surface area (Å²) in [5.41, 5.74) is 1.97. The minimum Gasteiger partial charge on any atom is -0.352 e. The van der Waals surface area contributed by atoms with Crippen LogP contribution in [0.2, 0.25) is 0 Å². The van der Waals surface area contributed by atoms with E-state index in [-0.39, 0.29) is 41.9 Å². The zero-order chi connectivity index (χ0) is 24.3. The molecule has 33 heavy (non-hydrogen) atoms. The number of nitrogens with zero attached hydrogens (tertiary/aromatic N) is 2. The third kappa shape index (κ3) is 5.24. The van der Waals surface area contributed by atoms with Crippen LogP contribution in [0.1, 0.15) is 48.7 Å². The van der Waals surface area contributed by atoms with Crippen LogP contribution >= 0.6 is 0 Å². The minimum absolute atomic E-state index is 0.0521. The van der Waals surface area contributed by atoms with Crippen molar-refractivity contribution in [2.45, 2.75) is 57.6 Å². The van der Waals surface area contributed by atoms with Crippen LogP contribution in [0.5, 0.6) is 0 Å². The van der Waals surface area contributed by atoms with Crippen molar-refractivity contribution in [1.29, 1.82) is 0 Å². The van der Waals surface area contributed by atoms with E-state index in [1.807, 2.05) is 45.0 Å². The van der Waals surface area contributed by atoms with Gasteiger partial charge in [0.2, 0.25) is 11.8 Å². The lowest BCUT2D eigenvalue weighted by Crippen LogP contribution is -2.49. The fourth-order valence-electron chi connectivity index (χ4n) is 3.79. The number of fused-ring (bicyclic) bond motifs is 1. The number of carbonyl (C=O) groups is 3. The highest BCUT2D eigenvalue weighted by atomic mass is 32.2. The summed E-state index contributed by atoms with van der Waals surface area (Å²) >= 11 is 0. The molecule has 8 nitrogen and oxygen atoms in total. The van der Waals surface area contributed by atoms with Gasteiger partial charge in [0.15, 0.2) is 0 Å². The number of hydrogen-bond acceptors (Lipinski definition) is 5. The molecule has 3 rings (SSSR count). The largest absolute Gasteiger partial charge is 0.352 e. The van der Waals surface area contributed by atoms with Gasteiger partial charge in [-0.25, -0.2) is 12.7 Å². The van der Waals surface area contributed by atoms with Crippen LogP contribution in [0, 0.1) is 6.92 Å². The van der Waals surface area contributed by atoms with E-state index in [1.165, 1.54) is 17.0 Å². The van der Waals surface area contributed by atoms with Gasteiger partial charge in [-0.05, 0) is 45.4 Å². The zero-order valence-corrected chi connectivity index (χ0v) is 20.1. The van der Waals surface area contributed by atoms with Crippen molar-refractivity contribution in [3.63, 3.8) is 0 Å². The normalized spacial score (nSPS) is 15.3. The molecule has 0 aromatic heterocycles. The van der Waals surface area contributed by atoms with Crippen molar-refractivity contribution in [2.24, 2.45) is 0 Å². The fraction of sp³-hybridized carbons (Fsp3) is 0.375. The van der Waals surface area contributed by atoms with E-state index in [0.717, 1.165) is 15.4 Å². The van der Waals surface area contributed by atoms with Gasteiger partial charge in [-0.1, -0.05) is 42.0 Å². The van der Waals surface area contributed by atoms with E-state index in [2.05, 4.69) is 5.32 Å². The molecule has 0 saturated carbocycles. The highest BCUT2D eigenvalue weighted by Gasteiger charge is 2.41. The van der Waals surface area contributed by atoms with Crippen molar-refractivity contribution in [2.75, 3.05) is 6.54 Å². The van der Waals surface area contributed by atoms with Crippen molar-refractivity contribution < 1.29 is 22.8 Å². The van der Waals surface area contributed by atoms with Crippen molar-refractivity contribution in [1.82, 2.24) is 14.5 Å². The van der Waals surface area contributed by atoms with Gasteiger partial charge in [0, 0.05) is 25.6 Å². The van der Waals surface area contributed by atoms with Crippen LogP contribution in [-0.2, 0) is 26.2 Å². The van der Waals surface area contributed by atoms with Gasteiger partial charge in [0.1, 0.15) is 10.9 Å². The Labute approximate surface area is 194 Å². The maximum Gasteiger partial charge on any atom is 0.269 e. The molecular formula is C24H29N3O5S. The molecule has 1 N–H and O–H groups in total. The Morgan fingerprint density at radius 2 is 1.76 bits per heavy atom. The van der Waals surface area contributed by atoms with E-state index in [1.54, 1.807) is 19.1 Å². The molecule has 1 aliphatic heterocycles. The molecule has 176 valence electrons. The predicted molar refractivity (Wildman–Crippen MR) is 124 cm³/mol. The number of sulfonamides is 1. The molecule has 0 aliphatic carbocycles. The van der Waals surface area contributed by atoms with Gasteiger partial charge in [-0.2, -0.15) is 0 Å². The number of aryl methyl sites for hydroxylation is 1. The van der Waals surface area contributed by atoms with E-state index in [0.29, 0.717) is 0 Å². The highest BCUT2D eigenvalue weighted by molar-refractivity contribution is 7.90. The SMILES string of the molecule is Cc1cccc(CN(C(=O)CCN2C(=O)c3ccccc3S2(=O)=O)[C@H](C)C(=O)NC(C)C)c1. The van der Waals surface area contributed by atoms with E-state index < -0.39 is 27.9 Å². The van der Waals surface area contributed by atoms with Gasteiger partial charge in [0.05, 0.1) is 5.56 Å². The summed E-state index contributed by atoms with van der Waals surface area (Å²) in [7, 11) is -4.00. The standard InChI is InChI=1S/C24H29N3O5S/c1-16(2)25-23(29)18(4)26(15-19-9-7-8-17(3)14-19)22(28)12-13-27-24(30)20-10-5-6-11-21(20)33(27,31)32/h5-11,14,16,18H,12-13,15H2,1-4H3,(H,25,29)/t18-/m1/s1. The molecule has 0 saturated heterocycles. The first-order chi connectivity index (χ1) is 15.5. The number of hydrogen-bond donors (Lipinski definition) is 1. The summed E-state index contributed by atoms with van der Waals surface area (Å²) in [6.45, 7) is 7.13. The lowest BCUT2D eigenvalue weighted by Gasteiger charge is -2.30. The average Bonchev–Trinajstić information content (AvgIpc) is 2.95. The van der Waals surface area contributed by atoms with E-state index >= 15 is 0 Å². The lowest BCUT2D eigenvalue weighted by atomic mass is 10.1. The Morgan fingerprint density at radius 3 is 2.39 bits per heavy atom. The molecule has 2 aromatic carbocycles. The first kappa shape index (κ1) is 24.4. The van der Waals surface area contributed by atoms with Gasteiger partial charge >= 0.3 is 0 Å². The first-order valence-electron chi connectivity index (χ1n) is 10.8. The van der Waals surface area contributed by atoms with Crippen molar-refractivity contribution in [3.8, 4) is 0 Å². The minimum atomic E-state index is -4.00. The molecule has 0 spiro atoms. The number of rotatable bonds is 8. The van der Waals surface area contributed by atoms with Crippen LogP contribution < -0.4 is 5.32 Å². The van der Waals surface area contributed by atoms with Crippen LogP contribution in [-0.4, -0.2) is 54.0 Å². The zero-order valence-electron chi connectivity index (χ0n) is 19.2. The lowest BCUT2D eigenvalue weighted by molar-refractivity contribution is -0.140. The summed E-state index contributed by atoms with van der Waals surface area (Å²) in [6.07, 6.45) is -0.232. The van der Waals surface area contributed by atoms with Crippen molar-refractivity contribution in [3.05, 3.63) is 65.2 Å². The number of nitrogens with one attached hydrogen (secondary N) is 1. The Hall–Kier alpha value is -3.20. The number of amides is 3. The molecule has 3 amide bonds. The molecule has 9 heteroatoms. The smallest absolute Gasteiger partial charge is 0.269 e. The monoisotopic (exact) mass is 471 g/mol. The Morgan fingerprint density at radius 1 is 1.06 bits per heavy atom. The van der Waals surface area contributed by atoms with Crippen molar-refractivity contribution >= 4 is 27.7 Å². The summed E-state index contributed by atoms with van der Waals surface area (Å²) in [4.78, 5) is 39.9. The third-order valence-corrected chi connectivity index (χ3v) is 7.31. The quantitative estimate of drug-likeness (QED) is 0.637. The summed E-state index contributed by atoms with van der Waals surface area (Å²) < 4.78 is 26.3. The molecule has 1 atom stereocenters. The van der Waals surface area contributed by atoms with Crippen LogP contribution in [0.15, 0.2) is 53.4 Å². The maximum atomic E-state index is 13.2. The van der Waals surface area contributed by atoms with Gasteiger partial charge in [-0.15, -0.1) is 0 Å². The number of benzene rings is 2. The summed E-state index contributed by atoms with van der Waals surface area (Å²) in [6, 6.07) is 12.7. The molecule has 0 fully saturated rings. The van der Waals surface area contributed by atoms with E-state index in [9.17, 15) is 22.8 Å². The molecular weight excluding hydrogens is 442 g/mol. The van der Waals surface area contributed by atoms with Crippen LogP contribution in [0.3, 0.4) is 0 Å². The van der Waals surface area contributed by atoms with Crippen LogP contribution in [0.4, 0.5) is 0 Å². The molecule has 1 heterocycles. The Balaban J connectivity index is 1.80. The van der Waals surface area contributed by atoms with Gasteiger partial charge < -0.3 is 10.2 Å². The van der Waals surface area contributed by atoms with Crippen LogP contribution in [0.25, 0.3) is 0 Å². The predicted octanol–water partition coefficient (Wildman–Crippen LogP) is 2.47. The molecule has 2 aromatic rings. The molecule has 0 bridgehead atoms. The highest BCUT2D eigenvalue weighted by Crippen LogP contribution is 2.30. The second-order valence-corrected chi connectivity index (χ2v) is 10.3. The molecule has 0 radical (unpaired) electrons. The third-order valence-electron chi connectivity index (χ3n) is 5.47. The Kier molecular flexibility index (Phi) is 7.22. The molecule has 1 aliphatic rings. The average molecular weight is 472 g/mol. The number of carbonyl (C=O) groups excluding carboxylic acids is 3. The second kappa shape index (κ2) is 9.74. The topological polar surface area (TPSA) is 104 Å².